The number of benzene rings is 2. The van der Waals surface area contributed by atoms with Crippen molar-refractivity contribution >= 4 is 51.0 Å². The number of hydrogen-bond acceptors (Lipinski definition) is 4. The molecule has 0 fully saturated rings. The molecule has 0 aliphatic heterocycles. The number of nitrogens with one attached hydrogen (secondary N) is 1. The summed E-state index contributed by atoms with van der Waals surface area (Å²) in [7, 11) is -3.93. The lowest BCUT2D eigenvalue weighted by Crippen LogP contribution is -2.39. The molecule has 0 bridgehead atoms. The van der Waals surface area contributed by atoms with Crippen LogP contribution in [0.3, 0.4) is 0 Å². The number of carbonyl (C=O) groups excluding carboxylic acids is 1. The van der Waals surface area contributed by atoms with Gasteiger partial charge in [0, 0.05) is 10.6 Å². The molecule has 0 aromatic heterocycles. The van der Waals surface area contributed by atoms with E-state index in [2.05, 4.69) is 5.10 Å². The van der Waals surface area contributed by atoms with Crippen LogP contribution in [0.5, 0.6) is 0 Å². The van der Waals surface area contributed by atoms with E-state index in [0.29, 0.717) is 4.31 Å². The summed E-state index contributed by atoms with van der Waals surface area (Å²) in [5, 5.41) is 3.71. The van der Waals surface area contributed by atoms with Gasteiger partial charge in [-0.2, -0.15) is 18.3 Å². The highest BCUT2D eigenvalue weighted by Gasteiger charge is 2.32. The van der Waals surface area contributed by atoms with Crippen LogP contribution in [0.15, 0.2) is 47.6 Å². The summed E-state index contributed by atoms with van der Waals surface area (Å²) >= 11 is 11.8. The van der Waals surface area contributed by atoms with Gasteiger partial charge in [-0.15, -0.1) is 0 Å². The SMILES string of the molecule is CS(=O)(=O)N(CC(=O)N/N=C\c1ccccc1C(F)(F)F)c1cc(Cl)ccc1Cl. The molecule has 0 saturated heterocycles. The number of rotatable bonds is 6. The maximum atomic E-state index is 12.9. The normalized spacial score (nSPS) is 12.2. The van der Waals surface area contributed by atoms with E-state index in [1.54, 1.807) is 0 Å². The van der Waals surface area contributed by atoms with Gasteiger partial charge in [0.05, 0.1) is 28.7 Å². The molecule has 2 rings (SSSR count). The largest absolute Gasteiger partial charge is 0.417 e. The summed E-state index contributed by atoms with van der Waals surface area (Å²) in [6.07, 6.45) is -2.92. The Labute approximate surface area is 175 Å². The first-order valence-corrected chi connectivity index (χ1v) is 10.4. The molecule has 2 aromatic rings. The summed E-state index contributed by atoms with van der Waals surface area (Å²) in [6.45, 7) is -0.711. The number of hydrazone groups is 1. The number of nitrogens with zero attached hydrogens (tertiary/aromatic N) is 2. The summed E-state index contributed by atoms with van der Waals surface area (Å²) in [5.41, 5.74) is 0.778. The quantitative estimate of drug-likeness (QED) is 0.516. The van der Waals surface area contributed by atoms with Crippen LogP contribution in [0.1, 0.15) is 11.1 Å². The Hall–Kier alpha value is -2.30. The Morgan fingerprint density at radius 3 is 2.48 bits per heavy atom. The van der Waals surface area contributed by atoms with Gasteiger partial charge in [-0.3, -0.25) is 9.10 Å². The molecule has 6 nitrogen and oxygen atoms in total. The van der Waals surface area contributed by atoms with Gasteiger partial charge in [0.2, 0.25) is 10.0 Å². The highest BCUT2D eigenvalue weighted by molar-refractivity contribution is 7.92. The molecule has 29 heavy (non-hydrogen) atoms. The second kappa shape index (κ2) is 9.02. The van der Waals surface area contributed by atoms with Gasteiger partial charge in [0.15, 0.2) is 0 Å². The van der Waals surface area contributed by atoms with E-state index in [1.165, 1.54) is 36.4 Å². The van der Waals surface area contributed by atoms with Crippen LogP contribution < -0.4 is 9.73 Å². The average Bonchev–Trinajstić information content (AvgIpc) is 2.60. The second-order valence-electron chi connectivity index (χ2n) is 5.74. The van der Waals surface area contributed by atoms with Gasteiger partial charge in [-0.25, -0.2) is 13.8 Å². The third-order valence-electron chi connectivity index (χ3n) is 3.52. The zero-order valence-corrected chi connectivity index (χ0v) is 17.1. The van der Waals surface area contributed by atoms with Crippen LogP contribution in [-0.2, 0) is 21.0 Å². The summed E-state index contributed by atoms with van der Waals surface area (Å²) in [5.74, 6) is -0.896. The molecule has 2 aromatic carbocycles. The fraction of sp³-hybridized carbons (Fsp3) is 0.176. The lowest BCUT2D eigenvalue weighted by atomic mass is 10.1. The summed E-state index contributed by atoms with van der Waals surface area (Å²) in [4.78, 5) is 12.1. The number of hydrogen-bond donors (Lipinski definition) is 1. The summed E-state index contributed by atoms with van der Waals surface area (Å²) in [6, 6.07) is 8.71. The molecule has 0 heterocycles. The fourth-order valence-electron chi connectivity index (χ4n) is 2.27. The van der Waals surface area contributed by atoms with E-state index in [1.807, 2.05) is 5.43 Å². The van der Waals surface area contributed by atoms with E-state index < -0.39 is 34.2 Å². The lowest BCUT2D eigenvalue weighted by Gasteiger charge is -2.22. The van der Waals surface area contributed by atoms with E-state index in [-0.39, 0.29) is 21.3 Å². The van der Waals surface area contributed by atoms with Crippen LogP contribution in [-0.4, -0.2) is 33.3 Å². The van der Waals surface area contributed by atoms with Crippen LogP contribution in [0.4, 0.5) is 18.9 Å². The number of sulfonamides is 1. The number of alkyl halides is 3. The minimum absolute atomic E-state index is 0.0248. The maximum absolute atomic E-state index is 12.9. The number of anilines is 1. The van der Waals surface area contributed by atoms with E-state index in [4.69, 9.17) is 23.2 Å². The highest BCUT2D eigenvalue weighted by Crippen LogP contribution is 2.31. The first kappa shape index (κ1) is 23.0. The zero-order valence-electron chi connectivity index (χ0n) is 14.7. The van der Waals surface area contributed by atoms with Gasteiger partial charge >= 0.3 is 6.18 Å². The minimum Gasteiger partial charge on any atom is -0.271 e. The molecule has 1 amide bonds. The van der Waals surface area contributed by atoms with Crippen molar-refractivity contribution in [2.24, 2.45) is 5.10 Å². The Morgan fingerprint density at radius 1 is 1.21 bits per heavy atom. The van der Waals surface area contributed by atoms with Crippen LogP contribution in [0.2, 0.25) is 10.0 Å². The van der Waals surface area contributed by atoms with Crippen molar-refractivity contribution in [3.8, 4) is 0 Å². The summed E-state index contributed by atoms with van der Waals surface area (Å²) < 4.78 is 63.7. The Kier molecular flexibility index (Phi) is 7.15. The maximum Gasteiger partial charge on any atom is 0.417 e. The lowest BCUT2D eigenvalue weighted by molar-refractivity contribution is -0.137. The first-order valence-electron chi connectivity index (χ1n) is 7.80. The topological polar surface area (TPSA) is 78.8 Å². The molecule has 1 N–H and O–H groups in total. The standard InChI is InChI=1S/C17H14Cl2F3N3O3S/c1-29(27,28)25(15-8-12(18)6-7-14(15)19)10-16(26)24-23-9-11-4-2-3-5-13(11)17(20,21)22/h2-9H,10H2,1H3,(H,24,26)/b23-9-. The molecule has 12 heteroatoms. The van der Waals surface area contributed by atoms with Crippen molar-refractivity contribution in [2.75, 3.05) is 17.1 Å². The second-order valence-corrected chi connectivity index (χ2v) is 8.49. The predicted octanol–water partition coefficient (Wildman–Crippen LogP) is 3.93. The van der Waals surface area contributed by atoms with Crippen LogP contribution in [0.25, 0.3) is 0 Å². The minimum atomic E-state index is -4.59. The zero-order chi connectivity index (χ0) is 21.8. The molecular formula is C17H14Cl2F3N3O3S. The monoisotopic (exact) mass is 467 g/mol. The molecular weight excluding hydrogens is 454 g/mol. The average molecular weight is 468 g/mol. The fourth-order valence-corrected chi connectivity index (χ4v) is 3.56. The number of halogens is 5. The van der Waals surface area contributed by atoms with E-state index >= 15 is 0 Å². The smallest absolute Gasteiger partial charge is 0.271 e. The number of amides is 1. The van der Waals surface area contributed by atoms with E-state index in [0.717, 1.165) is 18.5 Å². The van der Waals surface area contributed by atoms with Crippen molar-refractivity contribution in [2.45, 2.75) is 6.18 Å². The molecule has 156 valence electrons. The first-order chi connectivity index (χ1) is 13.4. The molecule has 0 aliphatic rings. The van der Waals surface area contributed by atoms with Crippen molar-refractivity contribution < 1.29 is 26.4 Å². The van der Waals surface area contributed by atoms with E-state index in [9.17, 15) is 26.4 Å². The third-order valence-corrected chi connectivity index (χ3v) is 5.20. The van der Waals surface area contributed by atoms with Gasteiger partial charge in [0.1, 0.15) is 6.54 Å². The van der Waals surface area contributed by atoms with Crippen molar-refractivity contribution in [3.63, 3.8) is 0 Å². The predicted molar refractivity (Wildman–Crippen MR) is 106 cm³/mol. The molecule has 0 atom stereocenters. The van der Waals surface area contributed by atoms with Gasteiger partial charge in [-0.1, -0.05) is 41.4 Å². The van der Waals surface area contributed by atoms with Crippen LogP contribution in [0, 0.1) is 0 Å². The highest BCUT2D eigenvalue weighted by atomic mass is 35.5. The Balaban J connectivity index is 2.19. The van der Waals surface area contributed by atoms with Crippen molar-refractivity contribution in [3.05, 3.63) is 63.6 Å². The Morgan fingerprint density at radius 2 is 1.86 bits per heavy atom. The molecule has 0 unspecified atom stereocenters. The van der Waals surface area contributed by atoms with Gasteiger partial charge in [-0.05, 0) is 24.3 Å². The van der Waals surface area contributed by atoms with Crippen molar-refractivity contribution in [1.29, 1.82) is 0 Å². The van der Waals surface area contributed by atoms with Crippen LogP contribution >= 0.6 is 23.2 Å². The third kappa shape index (κ3) is 6.34. The number of carbonyl (C=O) groups is 1. The Bertz CT molecular complexity index is 1040. The molecule has 0 spiro atoms. The molecule has 0 radical (unpaired) electrons. The van der Waals surface area contributed by atoms with Gasteiger partial charge < -0.3 is 0 Å². The molecule has 0 saturated carbocycles. The van der Waals surface area contributed by atoms with Gasteiger partial charge in [0.25, 0.3) is 5.91 Å². The van der Waals surface area contributed by atoms with Crippen molar-refractivity contribution in [1.82, 2.24) is 5.43 Å². The molecule has 0 aliphatic carbocycles.